The molecular weight excluding hydrogens is 332 g/mol. The number of fused-ring (bicyclic) bond motifs is 2. The van der Waals surface area contributed by atoms with E-state index >= 15 is 0 Å². The number of oxazole rings is 1. The van der Waals surface area contributed by atoms with Crippen molar-refractivity contribution in [1.29, 1.82) is 0 Å². The van der Waals surface area contributed by atoms with Gasteiger partial charge in [0.05, 0.1) is 11.8 Å². The Morgan fingerprint density at radius 2 is 2.21 bits per heavy atom. The topological polar surface area (TPSA) is 113 Å². The van der Waals surface area contributed by atoms with E-state index < -0.39 is 0 Å². The number of hydrogen-bond donors (Lipinski definition) is 3. The van der Waals surface area contributed by atoms with Crippen molar-refractivity contribution in [2.45, 2.75) is 6.42 Å². The van der Waals surface area contributed by atoms with Crippen molar-refractivity contribution in [2.24, 2.45) is 0 Å². The molecule has 0 bridgehead atoms. The van der Waals surface area contributed by atoms with Crippen LogP contribution >= 0.6 is 12.2 Å². The second-order valence-electron chi connectivity index (χ2n) is 5.11. The molecule has 0 saturated heterocycles. The fourth-order valence-electron chi connectivity index (χ4n) is 2.45. The van der Waals surface area contributed by atoms with E-state index in [0.29, 0.717) is 29.2 Å². The van der Waals surface area contributed by atoms with Crippen LogP contribution in [0, 0.1) is 4.77 Å². The molecule has 0 fully saturated rings. The molecule has 120 valence electrons. The highest BCUT2D eigenvalue weighted by molar-refractivity contribution is 7.71. The lowest BCUT2D eigenvalue weighted by molar-refractivity contribution is 0.102. The largest absolute Gasteiger partial charge is 0.440 e. The molecule has 0 unspecified atom stereocenters. The van der Waals surface area contributed by atoms with E-state index in [0.717, 1.165) is 5.56 Å². The van der Waals surface area contributed by atoms with E-state index in [-0.39, 0.29) is 22.3 Å². The van der Waals surface area contributed by atoms with Crippen LogP contribution in [0.25, 0.3) is 0 Å². The lowest BCUT2D eigenvalue weighted by Crippen LogP contribution is -2.20. The van der Waals surface area contributed by atoms with Gasteiger partial charge in [0.15, 0.2) is 4.77 Å². The number of nitrogens with zero attached hydrogens (tertiary/aromatic N) is 1. The second kappa shape index (κ2) is 5.46. The lowest BCUT2D eigenvalue weighted by Gasteiger charge is -2.19. The quantitative estimate of drug-likeness (QED) is 0.482. The van der Waals surface area contributed by atoms with Gasteiger partial charge in [-0.3, -0.25) is 19.9 Å². The Bertz CT molecular complexity index is 1050. The molecular formula is C15H10N4O4S. The zero-order valence-corrected chi connectivity index (χ0v) is 12.9. The molecule has 4 rings (SSSR count). The number of amides is 1. The summed E-state index contributed by atoms with van der Waals surface area (Å²) in [5.41, 5.74) is 1.24. The van der Waals surface area contributed by atoms with Gasteiger partial charge in [-0.15, -0.1) is 0 Å². The van der Waals surface area contributed by atoms with Gasteiger partial charge in [-0.1, -0.05) is 0 Å². The summed E-state index contributed by atoms with van der Waals surface area (Å²) in [6.07, 6.45) is 3.12. The van der Waals surface area contributed by atoms with Gasteiger partial charge in [0, 0.05) is 17.5 Å². The first-order valence-corrected chi connectivity index (χ1v) is 7.38. The highest BCUT2D eigenvalue weighted by Gasteiger charge is 2.22. The predicted molar refractivity (Wildman–Crippen MR) is 86.0 cm³/mol. The van der Waals surface area contributed by atoms with Gasteiger partial charge in [0.2, 0.25) is 5.88 Å². The molecule has 3 N–H and O–H groups in total. The Morgan fingerprint density at radius 3 is 3.00 bits per heavy atom. The molecule has 0 spiro atoms. The summed E-state index contributed by atoms with van der Waals surface area (Å²) in [4.78, 5) is 33.4. The summed E-state index contributed by atoms with van der Waals surface area (Å²) < 4.78 is 10.9. The van der Waals surface area contributed by atoms with Crippen LogP contribution in [-0.4, -0.2) is 20.9 Å². The minimum absolute atomic E-state index is 0.114. The number of carbonyl (C=O) groups excluding carboxylic acids is 1. The van der Waals surface area contributed by atoms with Crippen molar-refractivity contribution in [3.63, 3.8) is 0 Å². The molecule has 1 aliphatic rings. The van der Waals surface area contributed by atoms with Gasteiger partial charge in [0.25, 0.3) is 11.5 Å². The number of rotatable bonds is 2. The number of nitrogens with one attached hydrogen (secondary N) is 3. The standard InChI is InChI=1S/C15H10N4O4S/c20-11(17-14-16-3-4-22-14)7-1-2-10-8(5-7)6-9-12(21)18-15(24)19-13(9)23-10/h1-5H,6H2,(H,16,17,20)(H2,18,19,21,24). The monoisotopic (exact) mass is 342 g/mol. The molecule has 1 aromatic carbocycles. The van der Waals surface area contributed by atoms with E-state index in [1.165, 1.54) is 12.5 Å². The Balaban J connectivity index is 1.66. The number of carbonyl (C=O) groups is 1. The summed E-state index contributed by atoms with van der Waals surface area (Å²) in [5, 5.41) is 2.54. The van der Waals surface area contributed by atoms with Gasteiger partial charge in [-0.2, -0.15) is 0 Å². The minimum Gasteiger partial charge on any atom is -0.440 e. The van der Waals surface area contributed by atoms with Crippen molar-refractivity contribution in [3.8, 4) is 11.6 Å². The summed E-state index contributed by atoms with van der Waals surface area (Å²) >= 11 is 4.93. The third-order valence-corrected chi connectivity index (χ3v) is 3.76. The molecule has 0 atom stereocenters. The van der Waals surface area contributed by atoms with Gasteiger partial charge < -0.3 is 14.1 Å². The van der Waals surface area contributed by atoms with Crippen LogP contribution in [0.4, 0.5) is 6.01 Å². The predicted octanol–water partition coefficient (Wildman–Crippen LogP) is 2.37. The highest BCUT2D eigenvalue weighted by atomic mass is 32.1. The third kappa shape index (κ3) is 2.50. The van der Waals surface area contributed by atoms with E-state index in [4.69, 9.17) is 21.4 Å². The molecule has 1 aliphatic heterocycles. The smallest absolute Gasteiger partial charge is 0.301 e. The van der Waals surface area contributed by atoms with Crippen molar-refractivity contribution < 1.29 is 13.9 Å². The zero-order valence-electron chi connectivity index (χ0n) is 12.1. The highest BCUT2D eigenvalue weighted by Crippen LogP contribution is 2.33. The van der Waals surface area contributed by atoms with Gasteiger partial charge in [-0.05, 0) is 30.4 Å². The number of aromatic nitrogens is 3. The molecule has 2 aromatic heterocycles. The van der Waals surface area contributed by atoms with Crippen LogP contribution in [0.5, 0.6) is 11.6 Å². The van der Waals surface area contributed by atoms with E-state index in [2.05, 4.69) is 20.3 Å². The number of ether oxygens (including phenoxy) is 1. The maximum Gasteiger partial charge on any atom is 0.301 e. The number of hydrogen-bond acceptors (Lipinski definition) is 6. The molecule has 3 heterocycles. The van der Waals surface area contributed by atoms with Crippen molar-refractivity contribution >= 4 is 24.1 Å². The molecule has 0 saturated carbocycles. The number of anilines is 1. The molecule has 24 heavy (non-hydrogen) atoms. The minimum atomic E-state index is -0.368. The average molecular weight is 342 g/mol. The van der Waals surface area contributed by atoms with Crippen LogP contribution in [0.15, 0.2) is 39.9 Å². The molecule has 0 radical (unpaired) electrons. The van der Waals surface area contributed by atoms with E-state index in [9.17, 15) is 9.59 Å². The average Bonchev–Trinajstić information content (AvgIpc) is 3.05. The fourth-order valence-corrected chi connectivity index (χ4v) is 2.64. The van der Waals surface area contributed by atoms with Gasteiger partial charge in [0.1, 0.15) is 12.0 Å². The van der Waals surface area contributed by atoms with Crippen LogP contribution in [0.3, 0.4) is 0 Å². The molecule has 3 aromatic rings. The van der Waals surface area contributed by atoms with Crippen molar-refractivity contribution in [1.82, 2.24) is 15.0 Å². The Labute approximate surface area is 139 Å². The number of aromatic amines is 2. The van der Waals surface area contributed by atoms with Gasteiger partial charge in [-0.25, -0.2) is 4.98 Å². The van der Waals surface area contributed by atoms with Crippen molar-refractivity contribution in [3.05, 3.63) is 62.5 Å². The third-order valence-electron chi connectivity index (χ3n) is 3.56. The van der Waals surface area contributed by atoms with E-state index in [1.54, 1.807) is 18.2 Å². The summed E-state index contributed by atoms with van der Waals surface area (Å²) in [6, 6.07) is 5.06. The van der Waals surface area contributed by atoms with E-state index in [1.807, 2.05) is 0 Å². The Kier molecular flexibility index (Phi) is 3.28. The van der Waals surface area contributed by atoms with Crippen LogP contribution in [0.1, 0.15) is 21.5 Å². The fraction of sp³-hybridized carbons (Fsp3) is 0.0667. The summed E-state index contributed by atoms with van der Waals surface area (Å²) in [7, 11) is 0. The summed E-state index contributed by atoms with van der Waals surface area (Å²) in [5.74, 6) is 0.520. The van der Waals surface area contributed by atoms with Crippen LogP contribution < -0.4 is 15.6 Å². The Morgan fingerprint density at radius 1 is 1.33 bits per heavy atom. The first kappa shape index (κ1) is 14.4. The number of benzene rings is 1. The first-order valence-electron chi connectivity index (χ1n) is 6.97. The molecule has 9 heteroatoms. The van der Waals surface area contributed by atoms with Crippen LogP contribution in [-0.2, 0) is 6.42 Å². The maximum absolute atomic E-state index is 12.2. The second-order valence-corrected chi connectivity index (χ2v) is 5.52. The Hall–Kier alpha value is -3.20. The molecule has 0 aliphatic carbocycles. The first-order chi connectivity index (χ1) is 11.6. The molecule has 8 nitrogen and oxygen atoms in total. The number of H-pyrrole nitrogens is 2. The maximum atomic E-state index is 12.2. The van der Waals surface area contributed by atoms with Crippen molar-refractivity contribution in [2.75, 3.05) is 5.32 Å². The normalized spacial score (nSPS) is 12.0. The summed E-state index contributed by atoms with van der Waals surface area (Å²) in [6.45, 7) is 0. The van der Waals surface area contributed by atoms with Gasteiger partial charge >= 0.3 is 6.01 Å². The molecule has 1 amide bonds. The van der Waals surface area contributed by atoms with Crippen LogP contribution in [0.2, 0.25) is 0 Å². The zero-order chi connectivity index (χ0) is 16.7. The lowest BCUT2D eigenvalue weighted by atomic mass is 10.0. The SMILES string of the molecule is O=C(Nc1ncco1)c1ccc2c(c1)Cc1c([nH]c(=S)[nH]c1=O)O2.